The van der Waals surface area contributed by atoms with Crippen molar-refractivity contribution in [3.8, 4) is 11.4 Å². The predicted octanol–water partition coefficient (Wildman–Crippen LogP) is 3.72. The molecule has 0 radical (unpaired) electrons. The van der Waals surface area contributed by atoms with E-state index in [0.29, 0.717) is 18.0 Å². The maximum Gasteiger partial charge on any atom is 0.357 e. The second-order valence-electron chi connectivity index (χ2n) is 5.07. The van der Waals surface area contributed by atoms with E-state index in [2.05, 4.69) is 16.9 Å². The van der Waals surface area contributed by atoms with Crippen molar-refractivity contribution >= 4 is 5.97 Å². The largest absolute Gasteiger partial charge is 0.461 e. The van der Waals surface area contributed by atoms with Crippen molar-refractivity contribution in [2.45, 2.75) is 33.6 Å². The summed E-state index contributed by atoms with van der Waals surface area (Å²) in [7, 11) is 0. The molecule has 4 heteroatoms. The third kappa shape index (κ3) is 3.88. The second-order valence-corrected chi connectivity index (χ2v) is 5.07. The summed E-state index contributed by atoms with van der Waals surface area (Å²) >= 11 is 0. The first-order chi connectivity index (χ1) is 10.1. The van der Waals surface area contributed by atoms with Gasteiger partial charge in [0.1, 0.15) is 0 Å². The molecular formula is C17H20N2O2. The number of unbranched alkanes of at least 4 members (excludes halogenated alkanes) is 1. The van der Waals surface area contributed by atoms with Crippen molar-refractivity contribution in [3.63, 3.8) is 0 Å². The first-order valence-electron chi connectivity index (χ1n) is 7.19. The minimum Gasteiger partial charge on any atom is -0.461 e. The molecule has 110 valence electrons. The second kappa shape index (κ2) is 6.97. The summed E-state index contributed by atoms with van der Waals surface area (Å²) in [5, 5.41) is 0. The Morgan fingerprint density at radius 3 is 2.57 bits per heavy atom. The Bertz CT molecular complexity index is 621. The lowest BCUT2D eigenvalue weighted by atomic mass is 10.1. The zero-order chi connectivity index (χ0) is 15.2. The predicted molar refractivity (Wildman–Crippen MR) is 82.1 cm³/mol. The van der Waals surface area contributed by atoms with Gasteiger partial charge in [0.2, 0.25) is 0 Å². The molecule has 21 heavy (non-hydrogen) atoms. The van der Waals surface area contributed by atoms with E-state index in [1.54, 1.807) is 6.20 Å². The van der Waals surface area contributed by atoms with Gasteiger partial charge in [0.15, 0.2) is 5.69 Å². The van der Waals surface area contributed by atoms with E-state index < -0.39 is 0 Å². The van der Waals surface area contributed by atoms with Gasteiger partial charge in [-0.05, 0) is 43.5 Å². The number of nitrogens with zero attached hydrogens (tertiary/aromatic N) is 2. The molecule has 2 rings (SSSR count). The Labute approximate surface area is 125 Å². The molecule has 2 heterocycles. The van der Waals surface area contributed by atoms with Crippen molar-refractivity contribution in [3.05, 3.63) is 47.3 Å². The van der Waals surface area contributed by atoms with Gasteiger partial charge in [0.05, 0.1) is 18.0 Å². The molecule has 0 spiro atoms. The zero-order valence-corrected chi connectivity index (χ0v) is 12.7. The highest BCUT2D eigenvalue weighted by molar-refractivity contribution is 5.89. The van der Waals surface area contributed by atoms with Crippen LogP contribution in [-0.2, 0) is 4.74 Å². The van der Waals surface area contributed by atoms with Crippen LogP contribution in [0.1, 0.15) is 41.4 Å². The molecule has 0 aliphatic carbocycles. The highest BCUT2D eigenvalue weighted by Gasteiger charge is 2.14. The van der Waals surface area contributed by atoms with Crippen LogP contribution in [0.4, 0.5) is 0 Å². The van der Waals surface area contributed by atoms with Crippen molar-refractivity contribution in [2.75, 3.05) is 6.61 Å². The number of carbonyl (C=O) groups is 1. The van der Waals surface area contributed by atoms with E-state index in [-0.39, 0.29) is 5.97 Å². The lowest BCUT2D eigenvalue weighted by Crippen LogP contribution is -2.11. The molecule has 0 unspecified atom stereocenters. The average molecular weight is 284 g/mol. The molecule has 4 nitrogen and oxygen atoms in total. The molecular weight excluding hydrogens is 264 g/mol. The molecule has 0 fully saturated rings. The minimum atomic E-state index is -0.366. The highest BCUT2D eigenvalue weighted by atomic mass is 16.5. The van der Waals surface area contributed by atoms with E-state index in [9.17, 15) is 4.79 Å². The number of hydrogen-bond donors (Lipinski definition) is 0. The number of pyridine rings is 2. The van der Waals surface area contributed by atoms with Gasteiger partial charge in [0.25, 0.3) is 0 Å². The number of hydrogen-bond acceptors (Lipinski definition) is 4. The van der Waals surface area contributed by atoms with Crippen LogP contribution < -0.4 is 0 Å². The van der Waals surface area contributed by atoms with Crippen LogP contribution in [0, 0.1) is 13.8 Å². The van der Waals surface area contributed by atoms with Gasteiger partial charge in [-0.1, -0.05) is 25.5 Å². The summed E-state index contributed by atoms with van der Waals surface area (Å²) in [6.07, 6.45) is 3.65. The van der Waals surface area contributed by atoms with Crippen molar-refractivity contribution in [2.24, 2.45) is 0 Å². The molecule has 0 aliphatic heterocycles. The van der Waals surface area contributed by atoms with Crippen molar-refractivity contribution in [1.29, 1.82) is 0 Å². The van der Waals surface area contributed by atoms with Crippen LogP contribution in [0.5, 0.6) is 0 Å². The average Bonchev–Trinajstić information content (AvgIpc) is 2.49. The number of aryl methyl sites for hydroxylation is 2. The van der Waals surface area contributed by atoms with Gasteiger partial charge in [-0.3, -0.25) is 4.98 Å². The first kappa shape index (κ1) is 15.2. The summed E-state index contributed by atoms with van der Waals surface area (Å²) in [6, 6.07) is 7.62. The maximum absolute atomic E-state index is 12.1. The molecule has 0 aromatic carbocycles. The van der Waals surface area contributed by atoms with Gasteiger partial charge in [-0.15, -0.1) is 0 Å². The lowest BCUT2D eigenvalue weighted by molar-refractivity contribution is 0.0492. The Morgan fingerprint density at radius 1 is 1.14 bits per heavy atom. The number of esters is 1. The highest BCUT2D eigenvalue weighted by Crippen LogP contribution is 2.17. The zero-order valence-electron chi connectivity index (χ0n) is 12.7. The van der Waals surface area contributed by atoms with Crippen molar-refractivity contribution in [1.82, 2.24) is 9.97 Å². The Morgan fingerprint density at radius 2 is 1.90 bits per heavy atom. The monoisotopic (exact) mass is 284 g/mol. The van der Waals surface area contributed by atoms with Crippen molar-refractivity contribution < 1.29 is 9.53 Å². The number of rotatable bonds is 5. The number of ether oxygens (including phenoxy) is 1. The molecule has 0 aliphatic rings. The molecule has 0 amide bonds. The number of carbonyl (C=O) groups excluding carboxylic acids is 1. The topological polar surface area (TPSA) is 52.1 Å². The summed E-state index contributed by atoms with van der Waals surface area (Å²) in [5.41, 5.74) is 3.70. The molecule has 2 aromatic rings. The van der Waals surface area contributed by atoms with E-state index >= 15 is 0 Å². The summed E-state index contributed by atoms with van der Waals surface area (Å²) in [5.74, 6) is -0.366. The lowest BCUT2D eigenvalue weighted by Gasteiger charge is -2.08. The third-order valence-electron chi connectivity index (χ3n) is 3.20. The minimum absolute atomic E-state index is 0.366. The third-order valence-corrected chi connectivity index (χ3v) is 3.20. The number of aromatic nitrogens is 2. The van der Waals surface area contributed by atoms with E-state index in [0.717, 1.165) is 29.7 Å². The quantitative estimate of drug-likeness (QED) is 0.620. The SMILES string of the molecule is CCCCOC(=O)c1nc(-c2ccc(C)cn2)ccc1C. The Kier molecular flexibility index (Phi) is 5.04. The van der Waals surface area contributed by atoms with Crippen LogP contribution in [0.2, 0.25) is 0 Å². The van der Waals surface area contributed by atoms with Gasteiger partial charge in [0, 0.05) is 6.20 Å². The van der Waals surface area contributed by atoms with Crippen LogP contribution in [-0.4, -0.2) is 22.5 Å². The molecule has 2 aromatic heterocycles. The molecule has 0 saturated heterocycles. The summed E-state index contributed by atoms with van der Waals surface area (Å²) < 4.78 is 5.24. The van der Waals surface area contributed by atoms with Crippen LogP contribution >= 0.6 is 0 Å². The van der Waals surface area contributed by atoms with E-state index in [1.807, 2.05) is 38.1 Å². The van der Waals surface area contributed by atoms with Gasteiger partial charge in [-0.25, -0.2) is 9.78 Å². The van der Waals surface area contributed by atoms with E-state index in [4.69, 9.17) is 4.74 Å². The molecule has 0 atom stereocenters. The fraction of sp³-hybridized carbons (Fsp3) is 0.353. The smallest absolute Gasteiger partial charge is 0.357 e. The fourth-order valence-electron chi connectivity index (χ4n) is 1.87. The van der Waals surface area contributed by atoms with Crippen LogP contribution in [0.15, 0.2) is 30.5 Å². The van der Waals surface area contributed by atoms with E-state index in [1.165, 1.54) is 0 Å². The molecule has 0 bridgehead atoms. The summed E-state index contributed by atoms with van der Waals surface area (Å²) in [6.45, 7) is 6.33. The molecule has 0 N–H and O–H groups in total. The maximum atomic E-state index is 12.1. The Balaban J connectivity index is 2.24. The van der Waals surface area contributed by atoms with Crippen LogP contribution in [0.25, 0.3) is 11.4 Å². The van der Waals surface area contributed by atoms with Gasteiger partial charge < -0.3 is 4.74 Å². The summed E-state index contributed by atoms with van der Waals surface area (Å²) in [4.78, 5) is 20.8. The fourth-order valence-corrected chi connectivity index (χ4v) is 1.87. The standard InChI is InChI=1S/C17H20N2O2/c1-4-5-10-21-17(20)16-13(3)7-9-15(19-16)14-8-6-12(2)11-18-14/h6-9,11H,4-5,10H2,1-3H3. The first-order valence-corrected chi connectivity index (χ1v) is 7.19. The van der Waals surface area contributed by atoms with Crippen LogP contribution in [0.3, 0.4) is 0 Å². The molecule has 0 saturated carbocycles. The van der Waals surface area contributed by atoms with Gasteiger partial charge >= 0.3 is 5.97 Å². The Hall–Kier alpha value is -2.23. The normalized spacial score (nSPS) is 10.4. The van der Waals surface area contributed by atoms with Gasteiger partial charge in [-0.2, -0.15) is 0 Å².